The topological polar surface area (TPSA) is 16.1 Å². The maximum absolute atomic E-state index is 4.43. The summed E-state index contributed by atoms with van der Waals surface area (Å²) in [7, 11) is 0. The second kappa shape index (κ2) is 5.28. The number of rotatable bonds is 2. The predicted molar refractivity (Wildman–Crippen MR) is 70.2 cm³/mol. The highest BCUT2D eigenvalue weighted by Crippen LogP contribution is 2.22. The first-order valence-electron chi connectivity index (χ1n) is 5.96. The van der Waals surface area contributed by atoms with Crippen molar-refractivity contribution in [2.75, 3.05) is 13.1 Å². The van der Waals surface area contributed by atoms with E-state index in [4.69, 9.17) is 0 Å². The van der Waals surface area contributed by atoms with Crippen molar-refractivity contribution in [1.82, 2.24) is 9.88 Å². The lowest BCUT2D eigenvalue weighted by molar-refractivity contribution is 0.133. The van der Waals surface area contributed by atoms with Crippen LogP contribution in [0.5, 0.6) is 0 Å². The molecule has 1 aromatic heterocycles. The van der Waals surface area contributed by atoms with Crippen LogP contribution in [0.2, 0.25) is 0 Å². The molecule has 0 N–H and O–H groups in total. The maximum atomic E-state index is 4.43. The highest BCUT2D eigenvalue weighted by Gasteiger charge is 2.21. The standard InChI is InChI=1S/C13H19BrN2/c1-10-5-11(2)8-16(7-10)9-13-4-3-12(14)6-15-13/h3-4,6,10-11H,5,7-9H2,1-2H3. The van der Waals surface area contributed by atoms with E-state index in [1.165, 1.54) is 25.2 Å². The lowest BCUT2D eigenvalue weighted by Crippen LogP contribution is -2.38. The first kappa shape index (κ1) is 12.1. The molecule has 2 nitrogen and oxygen atoms in total. The molecule has 1 saturated heterocycles. The highest BCUT2D eigenvalue weighted by molar-refractivity contribution is 9.10. The zero-order valence-corrected chi connectivity index (χ0v) is 11.6. The smallest absolute Gasteiger partial charge is 0.0544 e. The van der Waals surface area contributed by atoms with E-state index in [1.807, 2.05) is 6.20 Å². The van der Waals surface area contributed by atoms with E-state index < -0.39 is 0 Å². The largest absolute Gasteiger partial charge is 0.297 e. The number of likely N-dealkylation sites (tertiary alicyclic amines) is 1. The highest BCUT2D eigenvalue weighted by atomic mass is 79.9. The van der Waals surface area contributed by atoms with Crippen molar-refractivity contribution in [3.05, 3.63) is 28.5 Å². The number of aromatic nitrogens is 1. The molecule has 2 atom stereocenters. The molecule has 1 aromatic rings. The second-order valence-corrected chi connectivity index (χ2v) is 6.02. The van der Waals surface area contributed by atoms with E-state index in [2.05, 4.69) is 51.8 Å². The van der Waals surface area contributed by atoms with E-state index in [-0.39, 0.29) is 0 Å². The Labute approximate surface area is 106 Å². The van der Waals surface area contributed by atoms with E-state index in [1.54, 1.807) is 0 Å². The molecule has 2 rings (SSSR count). The molecule has 0 bridgehead atoms. The molecule has 1 aliphatic heterocycles. The average molecular weight is 283 g/mol. The van der Waals surface area contributed by atoms with Crippen LogP contribution in [0.1, 0.15) is 26.0 Å². The first-order valence-corrected chi connectivity index (χ1v) is 6.75. The molecule has 3 heteroatoms. The molecule has 0 amide bonds. The van der Waals surface area contributed by atoms with Gasteiger partial charge in [-0.15, -0.1) is 0 Å². The van der Waals surface area contributed by atoms with E-state index in [0.717, 1.165) is 22.9 Å². The van der Waals surface area contributed by atoms with Gasteiger partial charge in [-0.05, 0) is 46.3 Å². The number of pyridine rings is 1. The van der Waals surface area contributed by atoms with Crippen LogP contribution in [0.4, 0.5) is 0 Å². The minimum absolute atomic E-state index is 0.819. The summed E-state index contributed by atoms with van der Waals surface area (Å²) in [6.07, 6.45) is 3.25. The summed E-state index contributed by atoms with van der Waals surface area (Å²) >= 11 is 3.41. The van der Waals surface area contributed by atoms with Gasteiger partial charge in [0.1, 0.15) is 0 Å². The third-order valence-electron chi connectivity index (χ3n) is 3.12. The van der Waals surface area contributed by atoms with Crippen molar-refractivity contribution >= 4 is 15.9 Å². The van der Waals surface area contributed by atoms with Crippen molar-refractivity contribution in [1.29, 1.82) is 0 Å². The number of piperidine rings is 1. The molecule has 1 aliphatic rings. The van der Waals surface area contributed by atoms with Gasteiger partial charge in [-0.3, -0.25) is 9.88 Å². The van der Waals surface area contributed by atoms with Gasteiger partial charge in [0, 0.05) is 30.3 Å². The summed E-state index contributed by atoms with van der Waals surface area (Å²) in [6.45, 7) is 8.10. The van der Waals surface area contributed by atoms with Crippen LogP contribution in [0.3, 0.4) is 0 Å². The van der Waals surface area contributed by atoms with Crippen LogP contribution in [0.25, 0.3) is 0 Å². The fraction of sp³-hybridized carbons (Fsp3) is 0.615. The van der Waals surface area contributed by atoms with Crippen molar-refractivity contribution in [3.63, 3.8) is 0 Å². The summed E-state index contributed by atoms with van der Waals surface area (Å²) < 4.78 is 1.05. The third-order valence-corrected chi connectivity index (χ3v) is 3.59. The Morgan fingerprint density at radius 2 is 2.00 bits per heavy atom. The Morgan fingerprint density at radius 3 is 2.56 bits per heavy atom. The molecule has 0 radical (unpaired) electrons. The Hall–Kier alpha value is -0.410. The van der Waals surface area contributed by atoms with Gasteiger partial charge in [-0.1, -0.05) is 13.8 Å². The zero-order valence-electron chi connectivity index (χ0n) is 9.99. The van der Waals surface area contributed by atoms with Crippen LogP contribution in [0.15, 0.2) is 22.8 Å². The monoisotopic (exact) mass is 282 g/mol. The number of nitrogens with zero attached hydrogens (tertiary/aromatic N) is 2. The van der Waals surface area contributed by atoms with Crippen LogP contribution in [-0.4, -0.2) is 23.0 Å². The number of halogens is 1. The van der Waals surface area contributed by atoms with Gasteiger partial charge in [0.15, 0.2) is 0 Å². The third kappa shape index (κ3) is 3.29. The average Bonchev–Trinajstić information content (AvgIpc) is 2.20. The molecule has 16 heavy (non-hydrogen) atoms. The Morgan fingerprint density at radius 1 is 1.31 bits per heavy atom. The lowest BCUT2D eigenvalue weighted by Gasteiger charge is -2.34. The Kier molecular flexibility index (Phi) is 3.98. The quantitative estimate of drug-likeness (QED) is 0.827. The van der Waals surface area contributed by atoms with Crippen LogP contribution in [-0.2, 0) is 6.54 Å². The molecule has 2 unspecified atom stereocenters. The molecular formula is C13H19BrN2. The molecular weight excluding hydrogens is 264 g/mol. The van der Waals surface area contributed by atoms with Gasteiger partial charge in [0.2, 0.25) is 0 Å². The van der Waals surface area contributed by atoms with Gasteiger partial charge < -0.3 is 0 Å². The van der Waals surface area contributed by atoms with Gasteiger partial charge in [-0.2, -0.15) is 0 Å². The van der Waals surface area contributed by atoms with Crippen LogP contribution < -0.4 is 0 Å². The van der Waals surface area contributed by atoms with Gasteiger partial charge in [0.25, 0.3) is 0 Å². The Bertz CT molecular complexity index is 326. The van der Waals surface area contributed by atoms with Crippen molar-refractivity contribution in [3.8, 4) is 0 Å². The SMILES string of the molecule is CC1CC(C)CN(Cc2ccc(Br)cn2)C1. The van der Waals surface area contributed by atoms with Gasteiger partial charge in [-0.25, -0.2) is 0 Å². The summed E-state index contributed by atoms with van der Waals surface area (Å²) in [5.41, 5.74) is 1.17. The summed E-state index contributed by atoms with van der Waals surface area (Å²) in [5.74, 6) is 1.64. The fourth-order valence-corrected chi connectivity index (χ4v) is 2.88. The van der Waals surface area contributed by atoms with Crippen LogP contribution >= 0.6 is 15.9 Å². The van der Waals surface area contributed by atoms with Gasteiger partial charge in [0.05, 0.1) is 5.69 Å². The molecule has 0 aromatic carbocycles. The maximum Gasteiger partial charge on any atom is 0.0544 e. The molecule has 2 heterocycles. The lowest BCUT2D eigenvalue weighted by atomic mass is 9.92. The Balaban J connectivity index is 1.96. The number of hydrogen-bond donors (Lipinski definition) is 0. The summed E-state index contributed by atoms with van der Waals surface area (Å²) in [4.78, 5) is 6.96. The minimum Gasteiger partial charge on any atom is -0.297 e. The zero-order chi connectivity index (χ0) is 11.5. The van der Waals surface area contributed by atoms with Crippen molar-refractivity contribution in [2.45, 2.75) is 26.8 Å². The fourth-order valence-electron chi connectivity index (χ4n) is 2.65. The van der Waals surface area contributed by atoms with Crippen LogP contribution in [0, 0.1) is 11.8 Å². The second-order valence-electron chi connectivity index (χ2n) is 5.11. The molecule has 0 saturated carbocycles. The molecule has 0 aliphatic carbocycles. The van der Waals surface area contributed by atoms with Gasteiger partial charge >= 0.3 is 0 Å². The summed E-state index contributed by atoms with van der Waals surface area (Å²) in [5, 5.41) is 0. The molecule has 1 fully saturated rings. The van der Waals surface area contributed by atoms with Crippen molar-refractivity contribution < 1.29 is 0 Å². The summed E-state index contributed by atoms with van der Waals surface area (Å²) in [6, 6.07) is 4.17. The van der Waals surface area contributed by atoms with E-state index in [0.29, 0.717) is 0 Å². The van der Waals surface area contributed by atoms with E-state index >= 15 is 0 Å². The van der Waals surface area contributed by atoms with E-state index in [9.17, 15) is 0 Å². The number of hydrogen-bond acceptors (Lipinski definition) is 2. The molecule has 88 valence electrons. The normalized spacial score (nSPS) is 26.9. The predicted octanol–water partition coefficient (Wildman–Crippen LogP) is 3.32. The first-order chi connectivity index (χ1) is 7.63. The molecule has 0 spiro atoms. The minimum atomic E-state index is 0.819. The van der Waals surface area contributed by atoms with Crippen molar-refractivity contribution in [2.24, 2.45) is 11.8 Å².